The fourth-order valence-electron chi connectivity index (χ4n) is 4.83. The van der Waals surface area contributed by atoms with Crippen LogP contribution >= 0.6 is 11.6 Å². The monoisotopic (exact) mass is 506 g/mol. The highest BCUT2D eigenvalue weighted by molar-refractivity contribution is 6.46. The number of halogens is 1. The van der Waals surface area contributed by atoms with Crippen molar-refractivity contribution in [3.63, 3.8) is 0 Å². The van der Waals surface area contributed by atoms with Gasteiger partial charge >= 0.3 is 0 Å². The average Bonchev–Trinajstić information content (AvgIpc) is 3.16. The molecule has 2 saturated heterocycles. The van der Waals surface area contributed by atoms with Gasteiger partial charge in [0.25, 0.3) is 11.7 Å². The Bertz CT molecular complexity index is 1330. The van der Waals surface area contributed by atoms with E-state index >= 15 is 0 Å². The van der Waals surface area contributed by atoms with Crippen LogP contribution in [0.15, 0.2) is 66.2 Å². The summed E-state index contributed by atoms with van der Waals surface area (Å²) in [5.41, 5.74) is 1.27. The molecule has 3 aromatic carbocycles. The van der Waals surface area contributed by atoms with Crippen LogP contribution in [0.4, 0.5) is 0 Å². The Kier molecular flexibility index (Phi) is 6.96. The predicted molar refractivity (Wildman–Crippen MR) is 138 cm³/mol. The summed E-state index contributed by atoms with van der Waals surface area (Å²) in [6, 6.07) is 17.4. The SMILES string of the molecule is COc1ccc2cc(/C(O)=C3\C(=O)C(=O)N(CCN4CCOCC4)C3c3ccc(Cl)cc3)ccc2c1. The van der Waals surface area contributed by atoms with Crippen LogP contribution in [-0.4, -0.2) is 73.1 Å². The first-order valence-corrected chi connectivity index (χ1v) is 12.3. The summed E-state index contributed by atoms with van der Waals surface area (Å²) < 4.78 is 10.7. The Labute approximate surface area is 214 Å². The van der Waals surface area contributed by atoms with Crippen molar-refractivity contribution in [2.24, 2.45) is 0 Å². The van der Waals surface area contributed by atoms with Gasteiger partial charge in [0.1, 0.15) is 11.5 Å². The highest BCUT2D eigenvalue weighted by Gasteiger charge is 2.46. The third-order valence-corrected chi connectivity index (χ3v) is 7.06. The van der Waals surface area contributed by atoms with E-state index in [1.165, 1.54) is 0 Å². The zero-order valence-electron chi connectivity index (χ0n) is 19.9. The quantitative estimate of drug-likeness (QED) is 0.306. The summed E-state index contributed by atoms with van der Waals surface area (Å²) in [6.07, 6.45) is 0. The van der Waals surface area contributed by atoms with Crippen LogP contribution in [0, 0.1) is 0 Å². The van der Waals surface area contributed by atoms with Gasteiger partial charge in [-0.2, -0.15) is 0 Å². The Morgan fingerprint density at radius 2 is 1.69 bits per heavy atom. The molecule has 7 nitrogen and oxygen atoms in total. The minimum absolute atomic E-state index is 0.0807. The highest BCUT2D eigenvalue weighted by atomic mass is 35.5. The molecule has 0 saturated carbocycles. The number of nitrogens with zero attached hydrogens (tertiary/aromatic N) is 2. The minimum atomic E-state index is -0.713. The van der Waals surface area contributed by atoms with Gasteiger partial charge in [0.15, 0.2) is 0 Å². The Hall–Kier alpha value is -3.39. The summed E-state index contributed by atoms with van der Waals surface area (Å²) in [7, 11) is 1.61. The molecule has 1 N–H and O–H groups in total. The van der Waals surface area contributed by atoms with E-state index in [-0.39, 0.29) is 11.3 Å². The van der Waals surface area contributed by atoms with Gasteiger partial charge in [0, 0.05) is 36.8 Å². The van der Waals surface area contributed by atoms with Gasteiger partial charge in [0.05, 0.1) is 31.9 Å². The third kappa shape index (κ3) is 4.69. The van der Waals surface area contributed by atoms with Crippen molar-refractivity contribution in [3.8, 4) is 5.75 Å². The van der Waals surface area contributed by atoms with Crippen LogP contribution < -0.4 is 4.74 Å². The Morgan fingerprint density at radius 1 is 1.00 bits per heavy atom. The second kappa shape index (κ2) is 10.3. The number of aliphatic hydroxyl groups excluding tert-OH is 1. The number of hydrogen-bond acceptors (Lipinski definition) is 6. The van der Waals surface area contributed by atoms with E-state index in [1.807, 2.05) is 30.3 Å². The predicted octanol–water partition coefficient (Wildman–Crippen LogP) is 4.26. The minimum Gasteiger partial charge on any atom is -0.507 e. The van der Waals surface area contributed by atoms with Crippen molar-refractivity contribution >= 4 is 39.8 Å². The molecule has 186 valence electrons. The maximum absolute atomic E-state index is 13.3. The molecular formula is C28H27ClN2O5. The number of ether oxygens (including phenoxy) is 2. The number of ketones is 1. The molecule has 2 aliphatic heterocycles. The molecule has 0 aromatic heterocycles. The molecule has 0 bridgehead atoms. The maximum Gasteiger partial charge on any atom is 0.295 e. The molecule has 8 heteroatoms. The first-order valence-electron chi connectivity index (χ1n) is 11.9. The zero-order valence-corrected chi connectivity index (χ0v) is 20.7. The largest absolute Gasteiger partial charge is 0.507 e. The summed E-state index contributed by atoms with van der Waals surface area (Å²) in [6.45, 7) is 3.81. The second-order valence-electron chi connectivity index (χ2n) is 8.93. The molecule has 1 amide bonds. The first-order chi connectivity index (χ1) is 17.5. The van der Waals surface area contributed by atoms with Crippen molar-refractivity contribution in [2.75, 3.05) is 46.5 Å². The van der Waals surface area contributed by atoms with E-state index in [1.54, 1.807) is 42.3 Å². The van der Waals surface area contributed by atoms with Gasteiger partial charge in [0.2, 0.25) is 0 Å². The summed E-state index contributed by atoms with van der Waals surface area (Å²) in [5.74, 6) is -0.771. The van der Waals surface area contributed by atoms with Crippen molar-refractivity contribution in [1.82, 2.24) is 9.80 Å². The maximum atomic E-state index is 13.3. The number of carbonyl (C=O) groups is 2. The molecule has 0 radical (unpaired) electrons. The molecule has 0 aliphatic carbocycles. The number of carbonyl (C=O) groups excluding carboxylic acids is 2. The fraction of sp³-hybridized carbons (Fsp3) is 0.286. The standard InChI is InChI=1S/C28H27ClN2O5/c1-35-23-9-6-19-16-21(3-2-20(19)17-23)26(32)24-25(18-4-7-22(29)8-5-18)31(28(34)27(24)33)11-10-30-12-14-36-15-13-30/h2-9,16-17,25,32H,10-15H2,1H3/b26-24+. The average molecular weight is 507 g/mol. The highest BCUT2D eigenvalue weighted by Crippen LogP contribution is 2.40. The molecule has 2 heterocycles. The lowest BCUT2D eigenvalue weighted by molar-refractivity contribution is -0.140. The molecule has 36 heavy (non-hydrogen) atoms. The Morgan fingerprint density at radius 3 is 2.42 bits per heavy atom. The van der Waals surface area contributed by atoms with Crippen LogP contribution in [0.1, 0.15) is 17.2 Å². The van der Waals surface area contributed by atoms with Crippen LogP contribution in [0.5, 0.6) is 5.75 Å². The number of amides is 1. The number of morpholine rings is 1. The third-order valence-electron chi connectivity index (χ3n) is 6.81. The van der Waals surface area contributed by atoms with Crippen molar-refractivity contribution in [3.05, 3.63) is 82.4 Å². The lowest BCUT2D eigenvalue weighted by Gasteiger charge is -2.31. The van der Waals surface area contributed by atoms with Crippen molar-refractivity contribution < 1.29 is 24.2 Å². The summed E-state index contributed by atoms with van der Waals surface area (Å²) in [5, 5.41) is 13.8. The molecule has 3 aromatic rings. The van der Waals surface area contributed by atoms with Gasteiger partial charge < -0.3 is 19.5 Å². The lowest BCUT2D eigenvalue weighted by atomic mass is 9.94. The molecule has 2 fully saturated rings. The van der Waals surface area contributed by atoms with Gasteiger partial charge in [-0.15, -0.1) is 0 Å². The first kappa shape index (κ1) is 24.3. The molecule has 5 rings (SSSR count). The van der Waals surface area contributed by atoms with E-state index in [0.29, 0.717) is 42.5 Å². The Balaban J connectivity index is 1.55. The van der Waals surface area contributed by atoms with Crippen LogP contribution in [0.3, 0.4) is 0 Å². The topological polar surface area (TPSA) is 79.3 Å². The fourth-order valence-corrected chi connectivity index (χ4v) is 4.96. The molecular weight excluding hydrogens is 480 g/mol. The number of benzene rings is 3. The van der Waals surface area contributed by atoms with Gasteiger partial charge in [-0.25, -0.2) is 0 Å². The number of Topliss-reactive ketones (excluding diaryl/α,β-unsaturated/α-hetero) is 1. The van der Waals surface area contributed by atoms with Crippen molar-refractivity contribution in [2.45, 2.75) is 6.04 Å². The molecule has 1 atom stereocenters. The van der Waals surface area contributed by atoms with Gasteiger partial charge in [-0.3, -0.25) is 14.5 Å². The molecule has 0 spiro atoms. The second-order valence-corrected chi connectivity index (χ2v) is 9.36. The van der Waals surface area contributed by atoms with Gasteiger partial charge in [-0.05, 0) is 46.7 Å². The van der Waals surface area contributed by atoms with E-state index in [9.17, 15) is 14.7 Å². The molecule has 2 aliphatic rings. The zero-order chi connectivity index (χ0) is 25.2. The van der Waals surface area contributed by atoms with Crippen LogP contribution in [-0.2, 0) is 14.3 Å². The number of methoxy groups -OCH3 is 1. The van der Waals surface area contributed by atoms with E-state index < -0.39 is 17.7 Å². The molecule has 1 unspecified atom stereocenters. The number of rotatable bonds is 6. The van der Waals surface area contributed by atoms with Crippen LogP contribution in [0.25, 0.3) is 16.5 Å². The van der Waals surface area contributed by atoms with Crippen LogP contribution in [0.2, 0.25) is 5.02 Å². The van der Waals surface area contributed by atoms with Crippen molar-refractivity contribution in [1.29, 1.82) is 0 Å². The smallest absolute Gasteiger partial charge is 0.295 e. The van der Waals surface area contributed by atoms with E-state index in [0.717, 1.165) is 29.6 Å². The summed E-state index contributed by atoms with van der Waals surface area (Å²) >= 11 is 6.11. The van der Waals surface area contributed by atoms with E-state index in [4.69, 9.17) is 21.1 Å². The lowest BCUT2D eigenvalue weighted by Crippen LogP contribution is -2.42. The number of likely N-dealkylation sites (tertiary alicyclic amines) is 1. The van der Waals surface area contributed by atoms with E-state index in [2.05, 4.69) is 4.90 Å². The van der Waals surface area contributed by atoms with Gasteiger partial charge in [-0.1, -0.05) is 41.9 Å². The number of hydrogen-bond donors (Lipinski definition) is 1. The summed E-state index contributed by atoms with van der Waals surface area (Å²) in [4.78, 5) is 30.3. The number of aliphatic hydroxyl groups is 1. The number of fused-ring (bicyclic) bond motifs is 1. The normalized spacial score (nSPS) is 20.3.